The van der Waals surface area contributed by atoms with Gasteiger partial charge in [-0.3, -0.25) is 14.7 Å². The molecule has 110 valence electrons. The number of carbonyl (C=O) groups excluding carboxylic acids is 2. The van der Waals surface area contributed by atoms with Crippen LogP contribution < -0.4 is 4.90 Å². The molecule has 0 saturated carbocycles. The summed E-state index contributed by atoms with van der Waals surface area (Å²) in [5.41, 5.74) is 0.861. The predicted molar refractivity (Wildman–Crippen MR) is 79.7 cm³/mol. The highest BCUT2D eigenvalue weighted by molar-refractivity contribution is 6.21. The van der Waals surface area contributed by atoms with E-state index in [0.29, 0.717) is 18.7 Å². The number of allylic oxidation sites excluding steroid dienone is 2. The molecule has 0 unspecified atom stereocenters. The highest BCUT2D eigenvalue weighted by atomic mass is 16.2. The standard InChI is InChI=1S/C16H14N4O2/c21-14-11-8-4-5-9-12(11)15(22)20(14)16-17-13(18-19-16)10-6-2-1-3-7-10/h1-7,11-12H,8-9H2,(H,17,18,19)/t11-,12+. The van der Waals surface area contributed by atoms with Gasteiger partial charge in [-0.2, -0.15) is 4.98 Å². The number of hydrogen-bond donors (Lipinski definition) is 1. The predicted octanol–water partition coefficient (Wildman–Crippen LogP) is 1.93. The van der Waals surface area contributed by atoms with Gasteiger partial charge in [-0.1, -0.05) is 42.5 Å². The molecular weight excluding hydrogens is 280 g/mol. The third kappa shape index (κ3) is 1.88. The summed E-state index contributed by atoms with van der Waals surface area (Å²) in [5.74, 6) is -0.240. The van der Waals surface area contributed by atoms with Crippen LogP contribution in [-0.4, -0.2) is 27.0 Å². The molecule has 2 aromatic rings. The Labute approximate surface area is 126 Å². The van der Waals surface area contributed by atoms with E-state index < -0.39 is 0 Å². The van der Waals surface area contributed by atoms with Crippen molar-refractivity contribution in [3.63, 3.8) is 0 Å². The minimum atomic E-state index is -0.267. The van der Waals surface area contributed by atoms with Crippen molar-refractivity contribution >= 4 is 17.8 Å². The number of imide groups is 1. The summed E-state index contributed by atoms with van der Waals surface area (Å²) >= 11 is 0. The first kappa shape index (κ1) is 12.9. The van der Waals surface area contributed by atoms with Gasteiger partial charge in [0.2, 0.25) is 11.8 Å². The molecule has 1 aliphatic heterocycles. The summed E-state index contributed by atoms with van der Waals surface area (Å²) in [4.78, 5) is 30.4. The molecule has 0 spiro atoms. The number of nitrogens with zero attached hydrogens (tertiary/aromatic N) is 3. The van der Waals surface area contributed by atoms with Crippen LogP contribution in [0.15, 0.2) is 42.5 Å². The van der Waals surface area contributed by atoms with Gasteiger partial charge in [0.25, 0.3) is 5.95 Å². The zero-order chi connectivity index (χ0) is 15.1. The third-order valence-corrected chi connectivity index (χ3v) is 4.23. The Hall–Kier alpha value is -2.76. The van der Waals surface area contributed by atoms with Crippen LogP contribution in [0.1, 0.15) is 12.8 Å². The highest BCUT2D eigenvalue weighted by Crippen LogP contribution is 2.36. The van der Waals surface area contributed by atoms with Crippen molar-refractivity contribution in [3.8, 4) is 11.4 Å². The molecule has 2 heterocycles. The lowest BCUT2D eigenvalue weighted by Gasteiger charge is -2.14. The first-order valence-electron chi connectivity index (χ1n) is 7.26. The van der Waals surface area contributed by atoms with Crippen LogP contribution in [0.4, 0.5) is 5.95 Å². The van der Waals surface area contributed by atoms with Crippen molar-refractivity contribution in [2.24, 2.45) is 11.8 Å². The maximum atomic E-state index is 12.5. The van der Waals surface area contributed by atoms with Crippen LogP contribution in [0.2, 0.25) is 0 Å². The topological polar surface area (TPSA) is 79.0 Å². The molecule has 2 atom stereocenters. The van der Waals surface area contributed by atoms with Crippen LogP contribution in [0, 0.1) is 11.8 Å². The fourth-order valence-electron chi connectivity index (χ4n) is 3.08. The van der Waals surface area contributed by atoms with Crippen molar-refractivity contribution in [2.45, 2.75) is 12.8 Å². The summed E-state index contributed by atoms with van der Waals surface area (Å²) in [6.45, 7) is 0. The Kier molecular flexibility index (Phi) is 2.89. The van der Waals surface area contributed by atoms with Gasteiger partial charge in [-0.05, 0) is 12.8 Å². The molecule has 1 fully saturated rings. The van der Waals surface area contributed by atoms with Crippen molar-refractivity contribution < 1.29 is 9.59 Å². The molecule has 0 bridgehead atoms. The van der Waals surface area contributed by atoms with E-state index >= 15 is 0 Å². The van der Waals surface area contributed by atoms with Crippen molar-refractivity contribution in [1.82, 2.24) is 15.2 Å². The second-order valence-electron chi connectivity index (χ2n) is 5.52. The van der Waals surface area contributed by atoms with Gasteiger partial charge < -0.3 is 0 Å². The third-order valence-electron chi connectivity index (χ3n) is 4.23. The maximum absolute atomic E-state index is 12.5. The Balaban J connectivity index is 1.67. The lowest BCUT2D eigenvalue weighted by Crippen LogP contribution is -2.31. The van der Waals surface area contributed by atoms with Crippen molar-refractivity contribution in [2.75, 3.05) is 4.90 Å². The zero-order valence-electron chi connectivity index (χ0n) is 11.8. The highest BCUT2D eigenvalue weighted by Gasteiger charge is 2.49. The number of carbonyl (C=O) groups is 2. The van der Waals surface area contributed by atoms with Gasteiger partial charge in [0.05, 0.1) is 11.8 Å². The van der Waals surface area contributed by atoms with Crippen LogP contribution in [0.25, 0.3) is 11.4 Å². The minimum Gasteiger partial charge on any atom is -0.274 e. The Morgan fingerprint density at radius 1 is 1.00 bits per heavy atom. The van der Waals surface area contributed by atoms with Gasteiger partial charge in [-0.15, -0.1) is 5.10 Å². The fraction of sp³-hybridized carbons (Fsp3) is 0.250. The number of anilines is 1. The average molecular weight is 294 g/mol. The van der Waals surface area contributed by atoms with E-state index in [1.807, 2.05) is 42.5 Å². The first-order chi connectivity index (χ1) is 10.8. The summed E-state index contributed by atoms with van der Waals surface area (Å²) in [7, 11) is 0. The number of aromatic nitrogens is 3. The fourth-order valence-corrected chi connectivity index (χ4v) is 3.08. The number of benzene rings is 1. The molecule has 0 radical (unpaired) electrons. The van der Waals surface area contributed by atoms with Crippen LogP contribution in [0.5, 0.6) is 0 Å². The molecule has 1 N–H and O–H groups in total. The van der Waals surface area contributed by atoms with E-state index in [-0.39, 0.29) is 29.6 Å². The summed E-state index contributed by atoms with van der Waals surface area (Å²) < 4.78 is 0. The smallest absolute Gasteiger partial charge is 0.258 e. The van der Waals surface area contributed by atoms with E-state index in [1.54, 1.807) is 0 Å². The second kappa shape index (κ2) is 4.91. The van der Waals surface area contributed by atoms with Crippen LogP contribution in [-0.2, 0) is 9.59 Å². The second-order valence-corrected chi connectivity index (χ2v) is 5.52. The quantitative estimate of drug-likeness (QED) is 0.678. The monoisotopic (exact) mass is 294 g/mol. The maximum Gasteiger partial charge on any atom is 0.258 e. The van der Waals surface area contributed by atoms with E-state index in [4.69, 9.17) is 0 Å². The normalized spacial score (nSPS) is 23.9. The SMILES string of the molecule is O=C1[C@H]2CC=CC[C@H]2C(=O)N1c1n[nH]c(-c2ccccc2)n1. The molecule has 22 heavy (non-hydrogen) atoms. The van der Waals surface area contributed by atoms with Crippen molar-refractivity contribution in [3.05, 3.63) is 42.5 Å². The number of nitrogens with one attached hydrogen (secondary N) is 1. The number of rotatable bonds is 2. The van der Waals surface area contributed by atoms with Gasteiger partial charge in [0, 0.05) is 5.56 Å². The number of hydrogen-bond acceptors (Lipinski definition) is 4. The molecule has 6 heteroatoms. The lowest BCUT2D eigenvalue weighted by molar-refractivity contribution is -0.122. The summed E-state index contributed by atoms with van der Waals surface area (Å²) in [5, 5.41) is 6.86. The number of aromatic amines is 1. The number of H-pyrrole nitrogens is 1. The van der Waals surface area contributed by atoms with E-state index in [9.17, 15) is 9.59 Å². The van der Waals surface area contributed by atoms with Gasteiger partial charge in [0.1, 0.15) is 0 Å². The zero-order valence-corrected chi connectivity index (χ0v) is 11.8. The van der Waals surface area contributed by atoms with Crippen molar-refractivity contribution in [1.29, 1.82) is 0 Å². The van der Waals surface area contributed by atoms with E-state index in [2.05, 4.69) is 15.2 Å². The number of amides is 2. The molecule has 2 aliphatic rings. The molecule has 4 rings (SSSR count). The largest absolute Gasteiger partial charge is 0.274 e. The molecule has 2 amide bonds. The average Bonchev–Trinajstić information content (AvgIpc) is 3.13. The Morgan fingerprint density at radius 3 is 2.27 bits per heavy atom. The Morgan fingerprint density at radius 2 is 1.64 bits per heavy atom. The molecule has 1 aromatic carbocycles. The summed E-state index contributed by atoms with van der Waals surface area (Å²) in [6.07, 6.45) is 5.15. The first-order valence-corrected chi connectivity index (χ1v) is 7.26. The minimum absolute atomic E-state index is 0.142. The van der Waals surface area contributed by atoms with Gasteiger partial charge >= 0.3 is 0 Å². The number of fused-ring (bicyclic) bond motifs is 1. The molecule has 1 aliphatic carbocycles. The molecule has 6 nitrogen and oxygen atoms in total. The van der Waals surface area contributed by atoms with E-state index in [0.717, 1.165) is 10.5 Å². The molecule has 1 saturated heterocycles. The van der Waals surface area contributed by atoms with Gasteiger partial charge in [0.15, 0.2) is 5.82 Å². The lowest BCUT2D eigenvalue weighted by atomic mass is 9.85. The summed E-state index contributed by atoms with van der Waals surface area (Å²) in [6, 6.07) is 9.48. The van der Waals surface area contributed by atoms with Gasteiger partial charge in [-0.25, -0.2) is 4.90 Å². The Bertz CT molecular complexity index is 739. The van der Waals surface area contributed by atoms with Crippen LogP contribution in [0.3, 0.4) is 0 Å². The molecule has 1 aromatic heterocycles. The van der Waals surface area contributed by atoms with E-state index in [1.165, 1.54) is 0 Å². The van der Waals surface area contributed by atoms with Crippen LogP contribution >= 0.6 is 0 Å². The molecular formula is C16H14N4O2.